The number of aromatic nitrogens is 1. The van der Waals surface area contributed by atoms with Crippen molar-refractivity contribution in [3.63, 3.8) is 0 Å². The van der Waals surface area contributed by atoms with Gasteiger partial charge in [0.2, 0.25) is 0 Å². The van der Waals surface area contributed by atoms with Gasteiger partial charge in [0.05, 0.1) is 25.2 Å². The molecule has 3 rings (SSSR count). The number of hydrogen-bond donors (Lipinski definition) is 2. The van der Waals surface area contributed by atoms with E-state index in [1.165, 1.54) is 0 Å². The lowest BCUT2D eigenvalue weighted by molar-refractivity contribution is -0.0366. The molecule has 0 atom stereocenters. The van der Waals surface area contributed by atoms with Crippen LogP contribution in [0.25, 0.3) is 10.2 Å². The second kappa shape index (κ2) is 4.54. The highest BCUT2D eigenvalue weighted by Gasteiger charge is 2.39. The first-order valence-electron chi connectivity index (χ1n) is 6.01. The van der Waals surface area contributed by atoms with Crippen LogP contribution in [-0.2, 0) is 0 Å². The summed E-state index contributed by atoms with van der Waals surface area (Å²) < 4.78 is 1.99. The average molecular weight is 341 g/mol. The van der Waals surface area contributed by atoms with E-state index < -0.39 is 5.60 Å². The zero-order valence-corrected chi connectivity index (χ0v) is 12.7. The highest BCUT2D eigenvalue weighted by atomic mass is 79.9. The van der Waals surface area contributed by atoms with Crippen molar-refractivity contribution >= 4 is 43.4 Å². The molecule has 0 aromatic carbocycles. The van der Waals surface area contributed by atoms with Gasteiger partial charge in [-0.25, -0.2) is 0 Å². The van der Waals surface area contributed by atoms with Crippen molar-refractivity contribution in [1.29, 1.82) is 0 Å². The minimum Gasteiger partial charge on any atom is -0.390 e. The van der Waals surface area contributed by atoms with E-state index in [9.17, 15) is 9.90 Å². The molecule has 19 heavy (non-hydrogen) atoms. The summed E-state index contributed by atoms with van der Waals surface area (Å²) in [5.41, 5.74) is 0.826. The van der Waals surface area contributed by atoms with E-state index in [4.69, 9.17) is 0 Å². The monoisotopic (exact) mass is 340 g/mol. The first-order chi connectivity index (χ1) is 8.93. The third kappa shape index (κ3) is 2.66. The number of aliphatic hydroxyl groups is 1. The first-order valence-corrected chi connectivity index (χ1v) is 7.62. The molecule has 0 radical (unpaired) electrons. The molecule has 0 spiro atoms. The molecule has 2 heterocycles. The maximum atomic E-state index is 12.1. The second-order valence-electron chi connectivity index (χ2n) is 5.23. The molecule has 0 bridgehead atoms. The van der Waals surface area contributed by atoms with Crippen LogP contribution in [0.1, 0.15) is 30.1 Å². The fourth-order valence-corrected chi connectivity index (χ4v) is 3.91. The van der Waals surface area contributed by atoms with Gasteiger partial charge in [0.15, 0.2) is 0 Å². The molecule has 6 heteroatoms. The van der Waals surface area contributed by atoms with Crippen LogP contribution < -0.4 is 5.32 Å². The van der Waals surface area contributed by atoms with Crippen LogP contribution in [0, 0.1) is 0 Å². The Morgan fingerprint density at radius 3 is 3.00 bits per heavy atom. The number of carbonyl (C=O) groups excluding carboxylic acids is 1. The molecule has 4 nitrogen and oxygen atoms in total. The summed E-state index contributed by atoms with van der Waals surface area (Å²) in [7, 11) is 0. The summed E-state index contributed by atoms with van der Waals surface area (Å²) in [6.07, 6.45) is 2.81. The number of halogens is 1. The lowest BCUT2D eigenvalue weighted by Crippen LogP contribution is -2.53. The van der Waals surface area contributed by atoms with Gasteiger partial charge in [-0.2, -0.15) is 0 Å². The summed E-state index contributed by atoms with van der Waals surface area (Å²) in [5.74, 6) is -0.126. The van der Waals surface area contributed by atoms with Crippen LogP contribution in [0.3, 0.4) is 0 Å². The smallest absolute Gasteiger partial charge is 0.253 e. The Balaban J connectivity index is 1.74. The molecule has 2 aromatic heterocycles. The van der Waals surface area contributed by atoms with Crippen molar-refractivity contribution in [2.24, 2.45) is 0 Å². The highest BCUT2D eigenvalue weighted by molar-refractivity contribution is 9.11. The maximum Gasteiger partial charge on any atom is 0.253 e. The summed E-state index contributed by atoms with van der Waals surface area (Å²) in [6.45, 7) is 1.78. The van der Waals surface area contributed by atoms with Gasteiger partial charge in [0.1, 0.15) is 0 Å². The van der Waals surface area contributed by atoms with Crippen LogP contribution in [0.4, 0.5) is 0 Å². The number of pyridine rings is 1. The van der Waals surface area contributed by atoms with E-state index in [2.05, 4.69) is 26.2 Å². The number of fused-ring (bicyclic) bond motifs is 1. The van der Waals surface area contributed by atoms with Crippen molar-refractivity contribution in [1.82, 2.24) is 10.3 Å². The van der Waals surface area contributed by atoms with Crippen molar-refractivity contribution in [3.05, 3.63) is 27.7 Å². The Labute approximate surface area is 123 Å². The molecular formula is C13H13BrN2O2S. The second-order valence-corrected chi connectivity index (χ2v) is 7.70. The van der Waals surface area contributed by atoms with Gasteiger partial charge in [-0.15, -0.1) is 11.3 Å². The number of nitrogens with one attached hydrogen (secondary N) is 1. The van der Waals surface area contributed by atoms with Gasteiger partial charge in [-0.3, -0.25) is 9.78 Å². The van der Waals surface area contributed by atoms with Crippen molar-refractivity contribution in [3.8, 4) is 0 Å². The number of carbonyl (C=O) groups is 1. The molecular weight excluding hydrogens is 328 g/mol. The van der Waals surface area contributed by atoms with Crippen LogP contribution in [0.5, 0.6) is 0 Å². The van der Waals surface area contributed by atoms with Gasteiger partial charge in [-0.05, 0) is 47.8 Å². The number of amides is 1. The van der Waals surface area contributed by atoms with Gasteiger partial charge in [0.25, 0.3) is 5.91 Å². The van der Waals surface area contributed by atoms with Crippen molar-refractivity contribution in [2.45, 2.75) is 31.4 Å². The lowest BCUT2D eigenvalue weighted by Gasteiger charge is -2.41. The van der Waals surface area contributed by atoms with E-state index in [0.29, 0.717) is 18.4 Å². The van der Waals surface area contributed by atoms with Gasteiger partial charge in [0, 0.05) is 12.2 Å². The van der Waals surface area contributed by atoms with E-state index in [0.717, 1.165) is 14.0 Å². The van der Waals surface area contributed by atoms with E-state index >= 15 is 0 Å². The van der Waals surface area contributed by atoms with Crippen molar-refractivity contribution in [2.75, 3.05) is 0 Å². The third-order valence-electron chi connectivity index (χ3n) is 3.31. The topological polar surface area (TPSA) is 62.2 Å². The summed E-state index contributed by atoms with van der Waals surface area (Å²) in [4.78, 5) is 16.3. The molecule has 1 fully saturated rings. The van der Waals surface area contributed by atoms with Gasteiger partial charge < -0.3 is 10.4 Å². The minimum absolute atomic E-state index is 0.0632. The lowest BCUT2D eigenvalue weighted by atomic mass is 9.77. The number of nitrogens with zero attached hydrogens (tertiary/aromatic N) is 1. The summed E-state index contributed by atoms with van der Waals surface area (Å²) in [6, 6.07) is 3.85. The molecule has 0 aliphatic heterocycles. The molecule has 0 saturated heterocycles. The zero-order chi connectivity index (χ0) is 13.6. The predicted octanol–water partition coefficient (Wildman–Crippen LogP) is 2.70. The number of thiophene rings is 1. The Hall–Kier alpha value is -0.980. The Morgan fingerprint density at radius 2 is 2.32 bits per heavy atom. The van der Waals surface area contributed by atoms with E-state index in [1.54, 1.807) is 24.5 Å². The molecule has 1 saturated carbocycles. The predicted molar refractivity (Wildman–Crippen MR) is 78.4 cm³/mol. The normalized spacial score (nSPS) is 26.2. The highest BCUT2D eigenvalue weighted by Crippen LogP contribution is 2.32. The first kappa shape index (κ1) is 13.0. The van der Waals surface area contributed by atoms with Crippen molar-refractivity contribution < 1.29 is 9.90 Å². The number of rotatable bonds is 2. The molecule has 2 N–H and O–H groups in total. The van der Waals surface area contributed by atoms with Crippen LogP contribution in [-0.4, -0.2) is 27.6 Å². The zero-order valence-electron chi connectivity index (χ0n) is 10.3. The Kier molecular flexibility index (Phi) is 3.11. The molecule has 1 aliphatic rings. The molecule has 1 aliphatic carbocycles. The van der Waals surface area contributed by atoms with Crippen LogP contribution in [0.15, 0.2) is 22.1 Å². The molecule has 0 unspecified atom stereocenters. The van der Waals surface area contributed by atoms with E-state index in [-0.39, 0.29) is 11.9 Å². The maximum absolute atomic E-state index is 12.1. The summed E-state index contributed by atoms with van der Waals surface area (Å²) >= 11 is 4.97. The fourth-order valence-electron chi connectivity index (χ4n) is 2.38. The summed E-state index contributed by atoms with van der Waals surface area (Å²) in [5, 5.41) is 12.6. The average Bonchev–Trinajstić information content (AvgIpc) is 2.65. The van der Waals surface area contributed by atoms with E-state index in [1.807, 2.05) is 12.1 Å². The SMILES string of the molecule is C[C@]1(O)C[C@@H](NC(=O)c2cnc3cc(Br)sc3c2)C1. The molecule has 100 valence electrons. The molecule has 2 aromatic rings. The quantitative estimate of drug-likeness (QED) is 0.883. The number of hydrogen-bond acceptors (Lipinski definition) is 4. The standard InChI is InChI=1S/C13H13BrN2O2S/c1-13(18)4-8(5-13)16-12(17)7-2-10-9(15-6-7)3-11(14)19-10/h2-3,6,8,18H,4-5H2,1H3,(H,16,17)/t8-,13+. The van der Waals surface area contributed by atoms with Gasteiger partial charge in [-0.1, -0.05) is 0 Å². The van der Waals surface area contributed by atoms with Crippen LogP contribution >= 0.6 is 27.3 Å². The largest absolute Gasteiger partial charge is 0.390 e. The fraction of sp³-hybridized carbons (Fsp3) is 0.385. The Bertz CT molecular complexity index is 645. The Morgan fingerprint density at radius 1 is 1.58 bits per heavy atom. The van der Waals surface area contributed by atoms with Crippen LogP contribution in [0.2, 0.25) is 0 Å². The minimum atomic E-state index is -0.626. The third-order valence-corrected chi connectivity index (χ3v) is 4.88. The van der Waals surface area contributed by atoms with Gasteiger partial charge >= 0.3 is 0 Å². The molecule has 1 amide bonds.